The summed E-state index contributed by atoms with van der Waals surface area (Å²) in [6.07, 6.45) is 3.41. The highest BCUT2D eigenvalue weighted by Crippen LogP contribution is 2.29. The Kier molecular flexibility index (Phi) is 7.12. The number of rotatable bonds is 5. The maximum Gasteiger partial charge on any atom is 0.257 e. The van der Waals surface area contributed by atoms with Crippen LogP contribution in [0.25, 0.3) is 0 Å². The average Bonchev–Trinajstić information content (AvgIpc) is 2.73. The van der Waals surface area contributed by atoms with E-state index in [0.29, 0.717) is 33.8 Å². The van der Waals surface area contributed by atoms with Crippen LogP contribution in [0.3, 0.4) is 0 Å². The lowest BCUT2D eigenvalue weighted by Gasteiger charge is -2.28. The molecule has 7 heteroatoms. The third-order valence-electron chi connectivity index (χ3n) is 4.60. The first kappa shape index (κ1) is 20.4. The molecule has 1 fully saturated rings. The molecule has 1 heterocycles. The molecule has 1 aliphatic rings. The molecule has 1 aliphatic heterocycles. The van der Waals surface area contributed by atoms with Gasteiger partial charge in [-0.25, -0.2) is 0 Å². The molecule has 0 saturated carbocycles. The molecular weight excluding hydrogens is 396 g/mol. The van der Waals surface area contributed by atoms with Crippen LogP contribution in [0.1, 0.15) is 35.2 Å². The summed E-state index contributed by atoms with van der Waals surface area (Å²) in [7, 11) is 1.55. The van der Waals surface area contributed by atoms with Crippen molar-refractivity contribution in [2.24, 2.45) is 0 Å². The normalized spacial score (nSPS) is 13.7. The summed E-state index contributed by atoms with van der Waals surface area (Å²) in [4.78, 5) is 14.6. The second-order valence-corrected chi connectivity index (χ2v) is 7.41. The molecule has 1 N–H and O–H groups in total. The van der Waals surface area contributed by atoms with Crippen LogP contribution in [0.4, 0.5) is 0 Å². The summed E-state index contributed by atoms with van der Waals surface area (Å²) in [6, 6.07) is 12.5. The van der Waals surface area contributed by atoms with E-state index in [-0.39, 0.29) is 5.91 Å². The Bertz CT molecular complexity index is 836. The molecule has 3 rings (SSSR count). The average molecular weight is 419 g/mol. The fraction of sp³-hybridized carbons (Fsp3) is 0.333. The highest BCUT2D eigenvalue weighted by atomic mass is 35.5. The van der Waals surface area contributed by atoms with Crippen molar-refractivity contribution in [2.45, 2.75) is 25.9 Å². The molecule has 2 aromatic carbocycles. The van der Waals surface area contributed by atoms with Crippen LogP contribution in [-0.4, -0.2) is 36.1 Å². The number of carbonyl (C=O) groups excluding carboxylic acids is 1. The predicted octanol–water partition coefficient (Wildman–Crippen LogP) is 4.43. The lowest BCUT2D eigenvalue weighted by Crippen LogP contribution is -2.44. The third kappa shape index (κ3) is 5.36. The number of benzene rings is 2. The molecule has 0 unspecified atom stereocenters. The Hall–Kier alpha value is -2.31. The standard InChI is InChI=1S/C21H23ClN2O3S/c1-26-19-13-16(20(25)23-21(28)24-11-3-2-4-12-24)7-10-18(19)27-14-15-5-8-17(22)9-6-15/h5-10,13H,2-4,11-12,14H2,1H3,(H,23,25,28). The van der Waals surface area contributed by atoms with Crippen molar-refractivity contribution in [1.29, 1.82) is 0 Å². The largest absolute Gasteiger partial charge is 0.493 e. The topological polar surface area (TPSA) is 50.8 Å². The van der Waals surface area contributed by atoms with Crippen LogP contribution >= 0.6 is 23.8 Å². The molecule has 1 amide bonds. The maximum absolute atomic E-state index is 12.6. The van der Waals surface area contributed by atoms with Gasteiger partial charge in [0.1, 0.15) is 6.61 Å². The van der Waals surface area contributed by atoms with Gasteiger partial charge in [-0.3, -0.25) is 10.1 Å². The zero-order valence-corrected chi connectivity index (χ0v) is 17.3. The van der Waals surface area contributed by atoms with Crippen molar-refractivity contribution < 1.29 is 14.3 Å². The zero-order chi connectivity index (χ0) is 19.9. The molecule has 1 saturated heterocycles. The quantitative estimate of drug-likeness (QED) is 0.728. The van der Waals surface area contributed by atoms with Gasteiger partial charge in [0.2, 0.25) is 0 Å². The molecule has 0 spiro atoms. The number of likely N-dealkylation sites (tertiary alicyclic amines) is 1. The van der Waals surface area contributed by atoms with Gasteiger partial charge in [0.05, 0.1) is 7.11 Å². The lowest BCUT2D eigenvalue weighted by atomic mass is 10.1. The first-order valence-electron chi connectivity index (χ1n) is 9.22. The van der Waals surface area contributed by atoms with Crippen molar-refractivity contribution >= 4 is 34.8 Å². The zero-order valence-electron chi connectivity index (χ0n) is 15.7. The summed E-state index contributed by atoms with van der Waals surface area (Å²) in [6.45, 7) is 2.15. The first-order valence-corrected chi connectivity index (χ1v) is 10.0. The van der Waals surface area contributed by atoms with Crippen LogP contribution < -0.4 is 14.8 Å². The number of hydrogen-bond donors (Lipinski definition) is 1. The molecule has 148 valence electrons. The molecule has 0 atom stereocenters. The number of nitrogens with one attached hydrogen (secondary N) is 1. The van der Waals surface area contributed by atoms with Gasteiger partial charge in [0.25, 0.3) is 5.91 Å². The van der Waals surface area contributed by atoms with Crippen LogP contribution in [0, 0.1) is 0 Å². The van der Waals surface area contributed by atoms with E-state index >= 15 is 0 Å². The van der Waals surface area contributed by atoms with Crippen molar-refractivity contribution in [3.05, 3.63) is 58.6 Å². The van der Waals surface area contributed by atoms with E-state index in [9.17, 15) is 4.79 Å². The Balaban J connectivity index is 1.63. The molecule has 0 radical (unpaired) electrons. The molecule has 0 aromatic heterocycles. The summed E-state index contributed by atoms with van der Waals surface area (Å²) < 4.78 is 11.2. The molecule has 0 aliphatic carbocycles. The minimum absolute atomic E-state index is 0.252. The third-order valence-corrected chi connectivity index (χ3v) is 5.21. The molecule has 0 bridgehead atoms. The summed E-state index contributed by atoms with van der Waals surface area (Å²) in [5, 5.41) is 3.97. The molecule has 28 heavy (non-hydrogen) atoms. The number of ether oxygens (including phenoxy) is 2. The van der Waals surface area contributed by atoms with Gasteiger partial charge in [-0.15, -0.1) is 0 Å². The van der Waals surface area contributed by atoms with E-state index in [1.165, 1.54) is 6.42 Å². The van der Waals surface area contributed by atoms with Crippen LogP contribution in [0.5, 0.6) is 11.5 Å². The number of hydrogen-bond acceptors (Lipinski definition) is 4. The van der Waals surface area contributed by atoms with Gasteiger partial charge in [0.15, 0.2) is 16.6 Å². The predicted molar refractivity (Wildman–Crippen MR) is 114 cm³/mol. The number of nitrogens with zero attached hydrogens (tertiary/aromatic N) is 1. The van der Waals surface area contributed by atoms with Crippen molar-refractivity contribution in [2.75, 3.05) is 20.2 Å². The van der Waals surface area contributed by atoms with E-state index in [1.54, 1.807) is 25.3 Å². The van der Waals surface area contributed by atoms with Gasteiger partial charge >= 0.3 is 0 Å². The van der Waals surface area contributed by atoms with E-state index in [4.69, 9.17) is 33.3 Å². The van der Waals surface area contributed by atoms with Crippen LogP contribution in [0.15, 0.2) is 42.5 Å². The number of halogens is 1. The summed E-state index contributed by atoms with van der Waals surface area (Å²) >= 11 is 11.3. The van der Waals surface area contributed by atoms with Gasteiger partial charge in [-0.05, 0) is 67.4 Å². The van der Waals surface area contributed by atoms with E-state index in [2.05, 4.69) is 5.32 Å². The van der Waals surface area contributed by atoms with E-state index in [1.807, 2.05) is 29.2 Å². The van der Waals surface area contributed by atoms with Crippen molar-refractivity contribution in [3.8, 4) is 11.5 Å². The second-order valence-electron chi connectivity index (χ2n) is 6.59. The Morgan fingerprint density at radius 1 is 1.11 bits per heavy atom. The SMILES string of the molecule is COc1cc(C(=O)NC(=S)N2CCCCC2)ccc1OCc1ccc(Cl)cc1. The Morgan fingerprint density at radius 3 is 2.50 bits per heavy atom. The van der Waals surface area contributed by atoms with Gasteiger partial charge in [-0.1, -0.05) is 23.7 Å². The highest BCUT2D eigenvalue weighted by Gasteiger charge is 2.17. The first-order chi connectivity index (χ1) is 13.6. The van der Waals surface area contributed by atoms with Crippen molar-refractivity contribution in [1.82, 2.24) is 10.2 Å². The van der Waals surface area contributed by atoms with Gasteiger partial charge < -0.3 is 14.4 Å². The number of thiocarbonyl (C=S) groups is 1. The minimum atomic E-state index is -0.252. The highest BCUT2D eigenvalue weighted by molar-refractivity contribution is 7.80. The minimum Gasteiger partial charge on any atom is -0.493 e. The van der Waals surface area contributed by atoms with E-state index in [0.717, 1.165) is 31.5 Å². The summed E-state index contributed by atoms with van der Waals surface area (Å²) in [5.41, 5.74) is 1.45. The maximum atomic E-state index is 12.6. The number of piperidine rings is 1. The van der Waals surface area contributed by atoms with Gasteiger partial charge in [0, 0.05) is 23.7 Å². The van der Waals surface area contributed by atoms with E-state index < -0.39 is 0 Å². The fourth-order valence-corrected chi connectivity index (χ4v) is 3.42. The van der Waals surface area contributed by atoms with Crippen LogP contribution in [-0.2, 0) is 6.61 Å². The number of carbonyl (C=O) groups is 1. The van der Waals surface area contributed by atoms with Crippen LogP contribution in [0.2, 0.25) is 5.02 Å². The lowest BCUT2D eigenvalue weighted by molar-refractivity contribution is 0.0972. The second kappa shape index (κ2) is 9.75. The fourth-order valence-electron chi connectivity index (χ4n) is 3.02. The Morgan fingerprint density at radius 2 is 1.82 bits per heavy atom. The smallest absolute Gasteiger partial charge is 0.257 e. The monoisotopic (exact) mass is 418 g/mol. The van der Waals surface area contributed by atoms with Crippen molar-refractivity contribution in [3.63, 3.8) is 0 Å². The van der Waals surface area contributed by atoms with Gasteiger partial charge in [-0.2, -0.15) is 0 Å². The Labute approximate surface area is 175 Å². The number of methoxy groups -OCH3 is 1. The molecule has 5 nitrogen and oxygen atoms in total. The number of amides is 1. The summed E-state index contributed by atoms with van der Waals surface area (Å²) in [5.74, 6) is 0.802. The molecular formula is C21H23ClN2O3S. The molecule has 2 aromatic rings.